The number of allylic oxidation sites excluding steroid dienone is 1. The van der Waals surface area contributed by atoms with Crippen LogP contribution in [-0.4, -0.2) is 28.1 Å². The summed E-state index contributed by atoms with van der Waals surface area (Å²) in [5, 5.41) is 13.7. The van der Waals surface area contributed by atoms with Crippen LogP contribution < -0.4 is 5.32 Å². The van der Waals surface area contributed by atoms with E-state index in [2.05, 4.69) is 10.3 Å². The van der Waals surface area contributed by atoms with Gasteiger partial charge in [0.05, 0.1) is 16.5 Å². The normalized spacial score (nSPS) is 25.1. The zero-order valence-electron chi connectivity index (χ0n) is 9.91. The lowest BCUT2D eigenvalue weighted by molar-refractivity contribution is -0.385. The smallest absolute Gasteiger partial charge is 0.408 e. The lowest BCUT2D eigenvalue weighted by Gasteiger charge is -2.21. The Kier molecular flexibility index (Phi) is 2.66. The van der Waals surface area contributed by atoms with Gasteiger partial charge in [-0.3, -0.25) is 15.1 Å². The Morgan fingerprint density at radius 1 is 1.53 bits per heavy atom. The minimum Gasteiger partial charge on any atom is -0.444 e. The van der Waals surface area contributed by atoms with Crippen molar-refractivity contribution in [1.29, 1.82) is 0 Å². The lowest BCUT2D eigenvalue weighted by Crippen LogP contribution is -2.32. The van der Waals surface area contributed by atoms with Crippen molar-refractivity contribution in [3.05, 3.63) is 40.2 Å². The topological polar surface area (TPSA) is 94.4 Å². The molecule has 7 nitrogen and oxygen atoms in total. The van der Waals surface area contributed by atoms with Crippen LogP contribution in [-0.2, 0) is 4.74 Å². The van der Waals surface area contributed by atoms with Gasteiger partial charge in [-0.1, -0.05) is 6.08 Å². The van der Waals surface area contributed by atoms with E-state index in [1.165, 1.54) is 12.4 Å². The summed E-state index contributed by atoms with van der Waals surface area (Å²) < 4.78 is 5.09. The second kappa shape index (κ2) is 4.34. The molecule has 98 valence electrons. The molecule has 3 rings (SSSR count). The Labute approximate surface area is 108 Å². The van der Waals surface area contributed by atoms with E-state index >= 15 is 0 Å². The van der Waals surface area contributed by atoms with E-state index < -0.39 is 11.0 Å². The highest BCUT2D eigenvalue weighted by Crippen LogP contribution is 2.34. The Hall–Kier alpha value is -2.44. The van der Waals surface area contributed by atoms with Gasteiger partial charge in [-0.2, -0.15) is 0 Å². The monoisotopic (exact) mass is 261 g/mol. The standard InChI is InChI=1S/C12H11N3O4/c16-12-14-9-5-7(1-2-11(9)19-12)8-3-4-13-6-10(8)15(17)18/h3-6,9,11H,1-2H2,(H,14,16)/t9-,11+/m1/s1. The second-order valence-electron chi connectivity index (χ2n) is 4.49. The first-order valence-corrected chi connectivity index (χ1v) is 5.92. The maximum absolute atomic E-state index is 11.1. The van der Waals surface area contributed by atoms with Crippen LogP contribution in [0.2, 0.25) is 0 Å². The third kappa shape index (κ3) is 2.03. The summed E-state index contributed by atoms with van der Waals surface area (Å²) in [5.41, 5.74) is 1.39. The summed E-state index contributed by atoms with van der Waals surface area (Å²) in [7, 11) is 0. The number of nitrogens with one attached hydrogen (secondary N) is 1. The van der Waals surface area contributed by atoms with Gasteiger partial charge in [-0.25, -0.2) is 4.79 Å². The maximum atomic E-state index is 11.1. The fourth-order valence-electron chi connectivity index (χ4n) is 2.49. The number of fused-ring (bicyclic) bond motifs is 1. The van der Waals surface area contributed by atoms with Crippen molar-refractivity contribution in [2.45, 2.75) is 25.0 Å². The van der Waals surface area contributed by atoms with E-state index in [9.17, 15) is 14.9 Å². The van der Waals surface area contributed by atoms with Crippen LogP contribution >= 0.6 is 0 Å². The van der Waals surface area contributed by atoms with Crippen molar-refractivity contribution in [3.8, 4) is 0 Å². The highest BCUT2D eigenvalue weighted by Gasteiger charge is 2.36. The zero-order chi connectivity index (χ0) is 13.4. The van der Waals surface area contributed by atoms with Crippen molar-refractivity contribution in [1.82, 2.24) is 10.3 Å². The van der Waals surface area contributed by atoms with Crippen molar-refractivity contribution in [2.24, 2.45) is 0 Å². The Bertz CT molecular complexity index is 584. The molecular weight excluding hydrogens is 250 g/mol. The minimum absolute atomic E-state index is 0.0163. The number of ether oxygens (including phenoxy) is 1. The van der Waals surface area contributed by atoms with Crippen molar-refractivity contribution in [3.63, 3.8) is 0 Å². The molecule has 2 atom stereocenters. The van der Waals surface area contributed by atoms with Crippen LogP contribution in [0.25, 0.3) is 5.57 Å². The third-order valence-electron chi connectivity index (χ3n) is 3.37. The van der Waals surface area contributed by atoms with Crippen LogP contribution in [0, 0.1) is 10.1 Å². The molecule has 7 heteroatoms. The van der Waals surface area contributed by atoms with Gasteiger partial charge < -0.3 is 10.1 Å². The van der Waals surface area contributed by atoms with E-state index in [-0.39, 0.29) is 17.8 Å². The zero-order valence-corrected chi connectivity index (χ0v) is 9.91. The summed E-state index contributed by atoms with van der Waals surface area (Å²) in [5.74, 6) is 0. The number of rotatable bonds is 2. The summed E-state index contributed by atoms with van der Waals surface area (Å²) in [4.78, 5) is 25.5. The number of carbonyl (C=O) groups is 1. The molecule has 0 aromatic carbocycles. The molecule has 1 fully saturated rings. The SMILES string of the molecule is O=C1N[C@@H]2C=C(c3ccncc3[N+](=O)[O-])CC[C@@H]2O1. The van der Waals surface area contributed by atoms with E-state index in [4.69, 9.17) is 4.74 Å². The highest BCUT2D eigenvalue weighted by atomic mass is 16.6. The quantitative estimate of drug-likeness (QED) is 0.645. The molecule has 2 heterocycles. The molecule has 0 spiro atoms. The van der Waals surface area contributed by atoms with Gasteiger partial charge in [0.15, 0.2) is 0 Å². The summed E-state index contributed by atoms with van der Waals surface area (Å²) in [6.07, 6.45) is 5.30. The number of nitrogens with zero attached hydrogens (tertiary/aromatic N) is 2. The molecule has 2 aliphatic rings. The van der Waals surface area contributed by atoms with Gasteiger partial charge in [-0.05, 0) is 24.5 Å². The summed E-state index contributed by atoms with van der Waals surface area (Å²) in [6.45, 7) is 0. The van der Waals surface area contributed by atoms with Crippen LogP contribution in [0.15, 0.2) is 24.5 Å². The Morgan fingerprint density at radius 3 is 3.16 bits per heavy atom. The Balaban J connectivity index is 1.97. The molecule has 1 aliphatic carbocycles. The first-order chi connectivity index (χ1) is 9.15. The van der Waals surface area contributed by atoms with Gasteiger partial charge in [0.25, 0.3) is 5.69 Å². The molecule has 0 bridgehead atoms. The molecule has 1 saturated heterocycles. The van der Waals surface area contributed by atoms with Crippen LogP contribution in [0.5, 0.6) is 0 Å². The van der Waals surface area contributed by atoms with E-state index in [0.29, 0.717) is 18.4 Å². The van der Waals surface area contributed by atoms with Crippen molar-refractivity contribution < 1.29 is 14.5 Å². The van der Waals surface area contributed by atoms with Crippen LogP contribution in [0.4, 0.5) is 10.5 Å². The molecule has 1 aliphatic heterocycles. The van der Waals surface area contributed by atoms with Gasteiger partial charge in [0.1, 0.15) is 12.3 Å². The largest absolute Gasteiger partial charge is 0.444 e. The van der Waals surface area contributed by atoms with Crippen LogP contribution in [0.3, 0.4) is 0 Å². The first-order valence-electron chi connectivity index (χ1n) is 5.92. The first kappa shape index (κ1) is 11.6. The average molecular weight is 261 g/mol. The third-order valence-corrected chi connectivity index (χ3v) is 3.37. The van der Waals surface area contributed by atoms with Crippen LogP contribution in [0.1, 0.15) is 18.4 Å². The Morgan fingerprint density at radius 2 is 2.37 bits per heavy atom. The molecule has 0 radical (unpaired) electrons. The number of nitro groups is 1. The molecule has 0 unspecified atom stereocenters. The van der Waals surface area contributed by atoms with E-state index in [1.807, 2.05) is 6.08 Å². The molecule has 1 N–H and O–H groups in total. The predicted octanol–water partition coefficient (Wildman–Crippen LogP) is 1.64. The number of alkyl carbamates (subject to hydrolysis) is 1. The number of pyridine rings is 1. The average Bonchev–Trinajstić information content (AvgIpc) is 2.77. The van der Waals surface area contributed by atoms with E-state index in [0.717, 1.165) is 5.57 Å². The fraction of sp³-hybridized carbons (Fsp3) is 0.333. The molecule has 19 heavy (non-hydrogen) atoms. The number of hydrogen-bond donors (Lipinski definition) is 1. The maximum Gasteiger partial charge on any atom is 0.408 e. The molecule has 1 aromatic heterocycles. The summed E-state index contributed by atoms with van der Waals surface area (Å²) >= 11 is 0. The fourth-order valence-corrected chi connectivity index (χ4v) is 2.49. The highest BCUT2D eigenvalue weighted by molar-refractivity contribution is 5.77. The minimum atomic E-state index is -0.445. The molecule has 0 saturated carbocycles. The lowest BCUT2D eigenvalue weighted by atomic mass is 9.89. The number of hydrogen-bond acceptors (Lipinski definition) is 5. The van der Waals surface area contributed by atoms with E-state index in [1.54, 1.807) is 6.07 Å². The number of carbonyl (C=O) groups excluding carboxylic acids is 1. The van der Waals surface area contributed by atoms with Crippen molar-refractivity contribution in [2.75, 3.05) is 0 Å². The molecule has 1 amide bonds. The number of amides is 1. The molecule has 1 aromatic rings. The van der Waals surface area contributed by atoms with Gasteiger partial charge in [0, 0.05) is 6.20 Å². The second-order valence-corrected chi connectivity index (χ2v) is 4.49. The van der Waals surface area contributed by atoms with Gasteiger partial charge in [-0.15, -0.1) is 0 Å². The number of aromatic nitrogens is 1. The predicted molar refractivity (Wildman–Crippen MR) is 65.3 cm³/mol. The summed E-state index contributed by atoms with van der Waals surface area (Å²) in [6, 6.07) is 1.42. The molecular formula is C12H11N3O4. The van der Waals surface area contributed by atoms with Crippen molar-refractivity contribution >= 4 is 17.4 Å². The van der Waals surface area contributed by atoms with Gasteiger partial charge >= 0.3 is 6.09 Å². The van der Waals surface area contributed by atoms with Gasteiger partial charge in [0.2, 0.25) is 0 Å².